The first-order valence-electron chi connectivity index (χ1n) is 10.9. The molecule has 3 aromatic rings. The Bertz CT molecular complexity index is 1270. The number of rotatable bonds is 9. The van der Waals surface area contributed by atoms with Crippen molar-refractivity contribution < 1.29 is 13.2 Å². The molecule has 1 fully saturated rings. The van der Waals surface area contributed by atoms with E-state index in [1.807, 2.05) is 24.3 Å². The van der Waals surface area contributed by atoms with Crippen LogP contribution in [-0.4, -0.2) is 48.3 Å². The SMILES string of the molecule is CC1CCCN(S(=O)(=O)c2cccc(C(=O)CNc3nnc(SCc4ccccc4Cl)s3)c2)C1. The van der Waals surface area contributed by atoms with E-state index in [0.29, 0.717) is 40.5 Å². The molecule has 0 aliphatic carbocycles. The number of nitrogens with one attached hydrogen (secondary N) is 1. The van der Waals surface area contributed by atoms with E-state index in [0.717, 1.165) is 22.7 Å². The maximum absolute atomic E-state index is 13.0. The van der Waals surface area contributed by atoms with Crippen LogP contribution in [0.4, 0.5) is 5.13 Å². The average molecular weight is 537 g/mol. The monoisotopic (exact) mass is 536 g/mol. The van der Waals surface area contributed by atoms with Gasteiger partial charge in [-0.1, -0.05) is 72.0 Å². The number of hydrogen-bond donors (Lipinski definition) is 1. The standard InChI is InChI=1S/C23H25ClN4O3S3/c1-16-6-5-11-28(14-16)34(30,31)19-9-4-8-17(12-19)21(29)13-25-22-26-27-23(33-22)32-15-18-7-2-3-10-20(18)24/h2-4,7-10,12,16H,5-6,11,13-15H2,1H3,(H,25,26). The number of thioether (sulfide) groups is 1. The number of nitrogens with zero attached hydrogens (tertiary/aromatic N) is 3. The molecule has 1 unspecified atom stereocenters. The van der Waals surface area contributed by atoms with E-state index in [9.17, 15) is 13.2 Å². The molecule has 4 rings (SSSR count). The molecular formula is C23H25ClN4O3S3. The zero-order valence-electron chi connectivity index (χ0n) is 18.6. The molecule has 180 valence electrons. The topological polar surface area (TPSA) is 92.3 Å². The number of hydrogen-bond acceptors (Lipinski definition) is 8. The number of ketones is 1. The van der Waals surface area contributed by atoms with Gasteiger partial charge in [-0.05, 0) is 42.5 Å². The molecule has 0 spiro atoms. The molecule has 1 saturated heterocycles. The normalized spacial score (nSPS) is 16.9. The molecule has 0 radical (unpaired) electrons. The second kappa shape index (κ2) is 11.2. The predicted octanol–water partition coefficient (Wildman–Crippen LogP) is 5.20. The highest BCUT2D eigenvalue weighted by Gasteiger charge is 2.29. The lowest BCUT2D eigenvalue weighted by Crippen LogP contribution is -2.39. The maximum Gasteiger partial charge on any atom is 0.243 e. The zero-order valence-corrected chi connectivity index (χ0v) is 21.8. The largest absolute Gasteiger partial charge is 0.353 e. The molecule has 7 nitrogen and oxygen atoms in total. The molecule has 0 saturated carbocycles. The molecule has 1 N–H and O–H groups in total. The molecule has 1 aromatic heterocycles. The molecule has 2 heterocycles. The van der Waals surface area contributed by atoms with Gasteiger partial charge in [0.25, 0.3) is 0 Å². The first-order chi connectivity index (χ1) is 16.3. The number of piperidine rings is 1. The Labute approximate surface area is 213 Å². The van der Waals surface area contributed by atoms with Gasteiger partial charge in [0, 0.05) is 29.4 Å². The van der Waals surface area contributed by atoms with Gasteiger partial charge in [-0.2, -0.15) is 4.31 Å². The molecule has 0 amide bonds. The number of carbonyl (C=O) groups excluding carboxylic acids is 1. The van der Waals surface area contributed by atoms with Crippen molar-refractivity contribution in [3.8, 4) is 0 Å². The Kier molecular flexibility index (Phi) is 8.26. The summed E-state index contributed by atoms with van der Waals surface area (Å²) in [6.07, 6.45) is 1.88. The van der Waals surface area contributed by atoms with Crippen LogP contribution in [0.5, 0.6) is 0 Å². The average Bonchev–Trinajstić information content (AvgIpc) is 3.30. The summed E-state index contributed by atoms with van der Waals surface area (Å²) in [7, 11) is -3.62. The van der Waals surface area contributed by atoms with Crippen LogP contribution in [0.15, 0.2) is 57.8 Å². The minimum absolute atomic E-state index is 0.00589. The summed E-state index contributed by atoms with van der Waals surface area (Å²) in [5.41, 5.74) is 1.36. The van der Waals surface area contributed by atoms with Crippen LogP contribution >= 0.6 is 34.7 Å². The lowest BCUT2D eigenvalue weighted by Gasteiger charge is -2.30. The number of halogens is 1. The van der Waals surface area contributed by atoms with E-state index in [1.165, 1.54) is 33.5 Å². The summed E-state index contributed by atoms with van der Waals surface area (Å²) in [5, 5.41) is 12.5. The second-order valence-electron chi connectivity index (χ2n) is 8.17. The molecule has 1 aliphatic heterocycles. The van der Waals surface area contributed by atoms with E-state index in [4.69, 9.17) is 11.6 Å². The van der Waals surface area contributed by atoms with Crippen molar-refractivity contribution in [2.24, 2.45) is 5.92 Å². The summed E-state index contributed by atoms with van der Waals surface area (Å²) in [6.45, 7) is 3.08. The molecule has 34 heavy (non-hydrogen) atoms. The quantitative estimate of drug-likeness (QED) is 0.297. The van der Waals surface area contributed by atoms with Gasteiger partial charge in [-0.15, -0.1) is 10.2 Å². The Morgan fingerprint density at radius 1 is 1.24 bits per heavy atom. The fraction of sp³-hybridized carbons (Fsp3) is 0.348. The first-order valence-corrected chi connectivity index (χ1v) is 14.5. The van der Waals surface area contributed by atoms with Crippen molar-refractivity contribution >= 4 is 55.6 Å². The van der Waals surface area contributed by atoms with Crippen molar-refractivity contribution in [2.75, 3.05) is 25.0 Å². The number of Topliss-reactive ketones (excluding diaryl/α,β-unsaturated/α-hetero) is 1. The third-order valence-corrected chi connectivity index (χ3v) is 9.82. The van der Waals surface area contributed by atoms with Gasteiger partial charge in [0.15, 0.2) is 10.1 Å². The Morgan fingerprint density at radius 2 is 2.06 bits per heavy atom. The fourth-order valence-corrected chi connectivity index (χ4v) is 7.37. The smallest absolute Gasteiger partial charge is 0.243 e. The number of sulfonamides is 1. The van der Waals surface area contributed by atoms with E-state index in [1.54, 1.807) is 18.2 Å². The lowest BCUT2D eigenvalue weighted by molar-refractivity contribution is 0.101. The van der Waals surface area contributed by atoms with Crippen LogP contribution in [0.25, 0.3) is 0 Å². The van der Waals surface area contributed by atoms with E-state index in [2.05, 4.69) is 22.4 Å². The second-order valence-corrected chi connectivity index (χ2v) is 12.7. The van der Waals surface area contributed by atoms with Crippen molar-refractivity contribution in [1.29, 1.82) is 0 Å². The highest BCUT2D eigenvalue weighted by atomic mass is 35.5. The predicted molar refractivity (Wildman–Crippen MR) is 137 cm³/mol. The molecule has 1 aliphatic rings. The van der Waals surface area contributed by atoms with Crippen molar-refractivity contribution in [3.63, 3.8) is 0 Å². The maximum atomic E-state index is 13.0. The van der Waals surface area contributed by atoms with Crippen molar-refractivity contribution in [1.82, 2.24) is 14.5 Å². The number of carbonyl (C=O) groups is 1. The van der Waals surface area contributed by atoms with Crippen molar-refractivity contribution in [2.45, 2.75) is 34.8 Å². The van der Waals surface area contributed by atoms with Crippen molar-refractivity contribution in [3.05, 3.63) is 64.7 Å². The molecule has 0 bridgehead atoms. The van der Waals surface area contributed by atoms with Gasteiger partial charge in [-0.3, -0.25) is 4.79 Å². The Morgan fingerprint density at radius 3 is 2.85 bits per heavy atom. The summed E-state index contributed by atoms with van der Waals surface area (Å²) in [6, 6.07) is 13.9. The number of benzene rings is 2. The first kappa shape index (κ1) is 25.1. The van der Waals surface area contributed by atoms with Crippen LogP contribution < -0.4 is 5.32 Å². The van der Waals surface area contributed by atoms with Gasteiger partial charge >= 0.3 is 0 Å². The van der Waals surface area contributed by atoms with Gasteiger partial charge < -0.3 is 5.32 Å². The number of anilines is 1. The fourth-order valence-electron chi connectivity index (χ4n) is 3.70. The van der Waals surface area contributed by atoms with Gasteiger partial charge in [0.05, 0.1) is 11.4 Å². The van der Waals surface area contributed by atoms with E-state index in [-0.39, 0.29) is 17.2 Å². The Balaban J connectivity index is 1.35. The van der Waals surface area contributed by atoms with Gasteiger partial charge in [0.1, 0.15) is 0 Å². The van der Waals surface area contributed by atoms with Gasteiger partial charge in [-0.25, -0.2) is 8.42 Å². The third kappa shape index (κ3) is 6.17. The highest BCUT2D eigenvalue weighted by molar-refractivity contribution is 8.00. The van der Waals surface area contributed by atoms with Gasteiger partial charge in [0.2, 0.25) is 15.2 Å². The minimum Gasteiger partial charge on any atom is -0.353 e. The third-order valence-electron chi connectivity index (χ3n) is 5.53. The van der Waals surface area contributed by atoms with Crippen LogP contribution in [0.1, 0.15) is 35.7 Å². The summed E-state index contributed by atoms with van der Waals surface area (Å²) in [4.78, 5) is 12.9. The van der Waals surface area contributed by atoms with Crippen LogP contribution in [0.3, 0.4) is 0 Å². The summed E-state index contributed by atoms with van der Waals surface area (Å²) in [5.74, 6) is 0.784. The molecular weight excluding hydrogens is 512 g/mol. The lowest BCUT2D eigenvalue weighted by atomic mass is 10.0. The van der Waals surface area contributed by atoms with E-state index < -0.39 is 10.0 Å². The van der Waals surface area contributed by atoms with E-state index >= 15 is 0 Å². The minimum atomic E-state index is -3.62. The van der Waals surface area contributed by atoms with Crippen LogP contribution in [0.2, 0.25) is 5.02 Å². The zero-order chi connectivity index (χ0) is 24.1. The van der Waals surface area contributed by atoms with Crippen LogP contribution in [0, 0.1) is 5.92 Å². The molecule has 2 aromatic carbocycles. The summed E-state index contributed by atoms with van der Waals surface area (Å²) < 4.78 is 28.4. The molecule has 1 atom stereocenters. The number of aromatic nitrogens is 2. The summed E-state index contributed by atoms with van der Waals surface area (Å²) >= 11 is 9.07. The Hall–Kier alpha value is -1.98. The van der Waals surface area contributed by atoms with Crippen LogP contribution in [-0.2, 0) is 15.8 Å². The highest BCUT2D eigenvalue weighted by Crippen LogP contribution is 2.30. The molecule has 11 heteroatoms.